The van der Waals surface area contributed by atoms with Gasteiger partial charge in [0.05, 0.1) is 0 Å². The van der Waals surface area contributed by atoms with E-state index in [-0.39, 0.29) is 5.41 Å². The fourth-order valence-electron chi connectivity index (χ4n) is 5.26. The van der Waals surface area contributed by atoms with Crippen molar-refractivity contribution in [1.29, 1.82) is 0 Å². The topological polar surface area (TPSA) is 0 Å². The third-order valence-electron chi connectivity index (χ3n) is 6.72. The lowest BCUT2D eigenvalue weighted by Crippen LogP contribution is -2.14. The van der Waals surface area contributed by atoms with Crippen molar-refractivity contribution >= 4 is 37.5 Å². The van der Waals surface area contributed by atoms with Crippen molar-refractivity contribution in [2.75, 3.05) is 0 Å². The van der Waals surface area contributed by atoms with Crippen LogP contribution in [0.15, 0.2) is 95.5 Å². The maximum absolute atomic E-state index is 3.68. The quantitative estimate of drug-likeness (QED) is 0.225. The fourth-order valence-corrected chi connectivity index (χ4v) is 5.62. The summed E-state index contributed by atoms with van der Waals surface area (Å²) in [7, 11) is 0. The molecule has 0 fully saturated rings. The summed E-state index contributed by atoms with van der Waals surface area (Å²) in [6, 6.07) is 33.4. The van der Waals surface area contributed by atoms with Gasteiger partial charge in [-0.15, -0.1) is 0 Å². The molecule has 1 aliphatic rings. The summed E-state index contributed by atoms with van der Waals surface area (Å²) < 4.78 is 1.14. The van der Waals surface area contributed by atoms with E-state index in [0.29, 0.717) is 0 Å². The molecule has 0 radical (unpaired) electrons. The van der Waals surface area contributed by atoms with E-state index in [1.54, 1.807) is 0 Å². The van der Waals surface area contributed by atoms with Gasteiger partial charge in [-0.3, -0.25) is 0 Å². The Kier molecular flexibility index (Phi) is 3.76. The standard InChI is InChI=1S/C29H21Br/c1-29(2)26-13-7-12-23(28(26)24-15-14-19(30)17-27(24)29)25-16-18-8-3-4-9-20(18)21-10-5-6-11-22(21)25/h3-17H,1-2H3. The molecule has 0 aromatic heterocycles. The van der Waals surface area contributed by atoms with Gasteiger partial charge in [0.2, 0.25) is 0 Å². The molecule has 0 atom stereocenters. The first kappa shape index (κ1) is 17.9. The molecule has 0 amide bonds. The predicted octanol–water partition coefficient (Wildman–Crippen LogP) is 8.73. The van der Waals surface area contributed by atoms with Gasteiger partial charge in [0, 0.05) is 9.89 Å². The van der Waals surface area contributed by atoms with E-state index in [1.165, 1.54) is 54.9 Å². The zero-order chi connectivity index (χ0) is 20.5. The van der Waals surface area contributed by atoms with E-state index in [4.69, 9.17) is 0 Å². The lowest BCUT2D eigenvalue weighted by molar-refractivity contribution is 0.660. The molecule has 0 nitrogen and oxygen atoms in total. The van der Waals surface area contributed by atoms with Crippen molar-refractivity contribution in [2.24, 2.45) is 0 Å². The maximum atomic E-state index is 3.68. The number of rotatable bonds is 1. The Labute approximate surface area is 185 Å². The highest BCUT2D eigenvalue weighted by molar-refractivity contribution is 9.10. The smallest absolute Gasteiger partial charge is 0.0178 e. The first-order chi connectivity index (χ1) is 14.6. The Morgan fingerprint density at radius 2 is 1.30 bits per heavy atom. The summed E-state index contributed by atoms with van der Waals surface area (Å²) in [4.78, 5) is 0. The van der Waals surface area contributed by atoms with Crippen molar-refractivity contribution in [2.45, 2.75) is 19.3 Å². The minimum absolute atomic E-state index is 0.0168. The average Bonchev–Trinajstić information content (AvgIpc) is 3.00. The van der Waals surface area contributed by atoms with Gasteiger partial charge in [0.15, 0.2) is 0 Å². The van der Waals surface area contributed by atoms with E-state index in [9.17, 15) is 0 Å². The van der Waals surface area contributed by atoms with Crippen LogP contribution in [0.3, 0.4) is 0 Å². The number of hydrogen-bond donors (Lipinski definition) is 0. The zero-order valence-electron chi connectivity index (χ0n) is 17.0. The number of benzene rings is 5. The van der Waals surface area contributed by atoms with Crippen molar-refractivity contribution in [3.8, 4) is 22.3 Å². The van der Waals surface area contributed by atoms with Crippen LogP contribution >= 0.6 is 15.9 Å². The van der Waals surface area contributed by atoms with Gasteiger partial charge in [-0.25, -0.2) is 0 Å². The van der Waals surface area contributed by atoms with Crippen LogP contribution in [0.25, 0.3) is 43.8 Å². The molecule has 0 heterocycles. The Morgan fingerprint density at radius 3 is 2.13 bits per heavy atom. The minimum Gasteiger partial charge on any atom is -0.0616 e. The molecule has 0 spiro atoms. The van der Waals surface area contributed by atoms with Gasteiger partial charge in [-0.1, -0.05) is 103 Å². The van der Waals surface area contributed by atoms with E-state index in [2.05, 4.69) is 121 Å². The minimum atomic E-state index is -0.0168. The number of halogens is 1. The van der Waals surface area contributed by atoms with Crippen LogP contribution < -0.4 is 0 Å². The van der Waals surface area contributed by atoms with Crippen molar-refractivity contribution in [3.05, 3.63) is 107 Å². The van der Waals surface area contributed by atoms with Crippen LogP contribution in [0.1, 0.15) is 25.0 Å². The van der Waals surface area contributed by atoms with Crippen LogP contribution in [0.4, 0.5) is 0 Å². The van der Waals surface area contributed by atoms with E-state index in [1.807, 2.05) is 0 Å². The van der Waals surface area contributed by atoms with Gasteiger partial charge in [-0.05, 0) is 73.1 Å². The highest BCUT2D eigenvalue weighted by Gasteiger charge is 2.37. The molecule has 0 aliphatic heterocycles. The molecule has 1 heteroatoms. The Bertz CT molecular complexity index is 1470. The monoisotopic (exact) mass is 448 g/mol. The van der Waals surface area contributed by atoms with Crippen LogP contribution in [0, 0.1) is 0 Å². The zero-order valence-corrected chi connectivity index (χ0v) is 18.6. The number of hydrogen-bond acceptors (Lipinski definition) is 0. The highest BCUT2D eigenvalue weighted by atomic mass is 79.9. The Balaban J connectivity index is 1.76. The van der Waals surface area contributed by atoms with E-state index in [0.717, 1.165) is 4.47 Å². The SMILES string of the molecule is CC1(C)c2cc(Br)ccc2-c2c(-c3cc4ccccc4c4ccccc34)cccc21. The molecule has 0 saturated heterocycles. The Hall–Kier alpha value is -2.90. The predicted molar refractivity (Wildman–Crippen MR) is 132 cm³/mol. The molecule has 0 N–H and O–H groups in total. The second kappa shape index (κ2) is 6.30. The molecule has 6 rings (SSSR count). The molecule has 5 aromatic carbocycles. The normalized spacial score (nSPS) is 14.1. The van der Waals surface area contributed by atoms with E-state index >= 15 is 0 Å². The Morgan fingerprint density at radius 1 is 0.567 bits per heavy atom. The lowest BCUT2D eigenvalue weighted by Gasteiger charge is -2.22. The summed E-state index contributed by atoms with van der Waals surface area (Å²) in [5.74, 6) is 0. The molecular weight excluding hydrogens is 428 g/mol. The summed E-state index contributed by atoms with van der Waals surface area (Å²) in [6.45, 7) is 4.68. The molecule has 1 aliphatic carbocycles. The van der Waals surface area contributed by atoms with E-state index < -0.39 is 0 Å². The first-order valence-corrected chi connectivity index (χ1v) is 11.2. The maximum Gasteiger partial charge on any atom is 0.0178 e. The van der Waals surface area contributed by atoms with Gasteiger partial charge >= 0.3 is 0 Å². The summed E-state index contributed by atoms with van der Waals surface area (Å²) in [5, 5.41) is 5.23. The third-order valence-corrected chi connectivity index (χ3v) is 7.21. The summed E-state index contributed by atoms with van der Waals surface area (Å²) in [6.07, 6.45) is 0. The first-order valence-electron chi connectivity index (χ1n) is 10.4. The second-order valence-corrected chi connectivity index (χ2v) is 9.65. The fraction of sp³-hybridized carbons (Fsp3) is 0.103. The van der Waals surface area contributed by atoms with Crippen LogP contribution in [-0.2, 0) is 5.41 Å². The second-order valence-electron chi connectivity index (χ2n) is 8.73. The molecule has 0 bridgehead atoms. The number of fused-ring (bicyclic) bond motifs is 6. The van der Waals surface area contributed by atoms with Crippen molar-refractivity contribution < 1.29 is 0 Å². The van der Waals surface area contributed by atoms with Gasteiger partial charge in [0.25, 0.3) is 0 Å². The van der Waals surface area contributed by atoms with Crippen LogP contribution in [-0.4, -0.2) is 0 Å². The lowest BCUT2D eigenvalue weighted by atomic mass is 9.81. The van der Waals surface area contributed by atoms with Gasteiger partial charge < -0.3 is 0 Å². The molecule has 5 aromatic rings. The third kappa shape index (κ3) is 2.39. The van der Waals surface area contributed by atoms with Crippen molar-refractivity contribution in [3.63, 3.8) is 0 Å². The summed E-state index contributed by atoms with van der Waals surface area (Å²) in [5.41, 5.74) is 8.15. The molecule has 144 valence electrons. The molecule has 0 unspecified atom stereocenters. The largest absolute Gasteiger partial charge is 0.0616 e. The molecule has 0 saturated carbocycles. The van der Waals surface area contributed by atoms with Gasteiger partial charge in [-0.2, -0.15) is 0 Å². The molecule has 30 heavy (non-hydrogen) atoms. The highest BCUT2D eigenvalue weighted by Crippen LogP contribution is 2.53. The summed E-state index contributed by atoms with van der Waals surface area (Å²) >= 11 is 3.68. The molecular formula is C29H21Br. The van der Waals surface area contributed by atoms with Crippen LogP contribution in [0.2, 0.25) is 0 Å². The van der Waals surface area contributed by atoms with Gasteiger partial charge in [0.1, 0.15) is 0 Å². The van der Waals surface area contributed by atoms with Crippen LogP contribution in [0.5, 0.6) is 0 Å². The average molecular weight is 449 g/mol. The van der Waals surface area contributed by atoms with Crippen molar-refractivity contribution in [1.82, 2.24) is 0 Å².